The van der Waals surface area contributed by atoms with E-state index < -0.39 is 22.4 Å². The Hall–Kier alpha value is -2.49. The summed E-state index contributed by atoms with van der Waals surface area (Å²) < 4.78 is 38.8. The average molecular weight is 302 g/mol. The first kappa shape index (κ1) is 14.9. The van der Waals surface area contributed by atoms with E-state index in [-0.39, 0.29) is 18.7 Å². The van der Waals surface area contributed by atoms with Crippen LogP contribution in [0.5, 0.6) is 0 Å². The first-order valence-corrected chi connectivity index (χ1v) is 5.71. The van der Waals surface area contributed by atoms with Crippen LogP contribution in [0.25, 0.3) is 5.69 Å². The van der Waals surface area contributed by atoms with Crippen LogP contribution in [-0.2, 0) is 12.6 Å². The van der Waals surface area contributed by atoms with Crippen LogP contribution in [0.4, 0.5) is 18.9 Å². The van der Waals surface area contributed by atoms with Gasteiger partial charge in [0.1, 0.15) is 5.69 Å². The predicted octanol–water partition coefficient (Wildman–Crippen LogP) is 1.73. The summed E-state index contributed by atoms with van der Waals surface area (Å²) in [6.45, 7) is -0.187. The van der Waals surface area contributed by atoms with E-state index in [4.69, 9.17) is 5.11 Å². The fraction of sp³-hybridized carbons (Fsp3) is 0.273. The van der Waals surface area contributed by atoms with E-state index in [0.717, 1.165) is 16.8 Å². The molecular formula is C11H9F3N4O3. The van der Waals surface area contributed by atoms with Crippen LogP contribution < -0.4 is 0 Å². The lowest BCUT2D eigenvalue weighted by Gasteiger charge is -2.08. The second-order valence-electron chi connectivity index (χ2n) is 4.09. The van der Waals surface area contributed by atoms with Crippen molar-refractivity contribution in [3.63, 3.8) is 0 Å². The molecule has 1 aromatic carbocycles. The van der Waals surface area contributed by atoms with Gasteiger partial charge in [-0.15, -0.1) is 5.10 Å². The van der Waals surface area contributed by atoms with Gasteiger partial charge in [0.15, 0.2) is 0 Å². The fourth-order valence-corrected chi connectivity index (χ4v) is 1.68. The average Bonchev–Trinajstić information content (AvgIpc) is 2.86. The molecule has 7 nitrogen and oxygen atoms in total. The number of nitrogens with zero attached hydrogens (tertiary/aromatic N) is 4. The minimum Gasteiger partial charge on any atom is -0.396 e. The highest BCUT2D eigenvalue weighted by Gasteiger charge is 2.33. The largest absolute Gasteiger partial charge is 0.416 e. The zero-order valence-electron chi connectivity index (χ0n) is 10.4. The molecule has 2 aromatic rings. The third-order valence-electron chi connectivity index (χ3n) is 2.66. The number of nitro groups is 1. The topological polar surface area (TPSA) is 94.1 Å². The van der Waals surface area contributed by atoms with Crippen molar-refractivity contribution in [2.45, 2.75) is 12.6 Å². The van der Waals surface area contributed by atoms with Crippen molar-refractivity contribution >= 4 is 5.69 Å². The number of hydrogen-bond acceptors (Lipinski definition) is 5. The Morgan fingerprint density at radius 2 is 2.10 bits per heavy atom. The number of rotatable bonds is 4. The SMILES string of the molecule is O=[N+]([O-])c1cc(C(F)(F)F)ccc1-n1cc(CCO)nn1. The minimum atomic E-state index is -4.67. The smallest absolute Gasteiger partial charge is 0.396 e. The first-order chi connectivity index (χ1) is 9.82. The standard InChI is InChI=1S/C11H9F3N4O3/c12-11(13,14)7-1-2-9(10(5-7)18(20)21)17-6-8(3-4-19)15-16-17/h1-2,5-6,19H,3-4H2. The molecule has 21 heavy (non-hydrogen) atoms. The van der Waals surface area contributed by atoms with Gasteiger partial charge in [0, 0.05) is 19.1 Å². The van der Waals surface area contributed by atoms with E-state index in [2.05, 4.69) is 10.3 Å². The Morgan fingerprint density at radius 3 is 2.67 bits per heavy atom. The summed E-state index contributed by atoms with van der Waals surface area (Å²) in [7, 11) is 0. The molecule has 1 N–H and O–H groups in total. The molecule has 0 spiro atoms. The van der Waals surface area contributed by atoms with Gasteiger partial charge in [-0.2, -0.15) is 13.2 Å². The number of alkyl halides is 3. The molecule has 0 atom stereocenters. The van der Waals surface area contributed by atoms with E-state index in [1.54, 1.807) is 0 Å². The number of aliphatic hydroxyl groups is 1. The highest BCUT2D eigenvalue weighted by Crippen LogP contribution is 2.34. The molecular weight excluding hydrogens is 293 g/mol. The van der Waals surface area contributed by atoms with Gasteiger partial charge in [-0.25, -0.2) is 4.68 Å². The third kappa shape index (κ3) is 3.16. The molecule has 1 aromatic heterocycles. The van der Waals surface area contributed by atoms with Gasteiger partial charge < -0.3 is 5.11 Å². The van der Waals surface area contributed by atoms with Gasteiger partial charge in [0.05, 0.1) is 22.4 Å². The Kier molecular flexibility index (Phi) is 3.89. The molecule has 0 bridgehead atoms. The second-order valence-corrected chi connectivity index (χ2v) is 4.09. The molecule has 1 heterocycles. The summed E-state index contributed by atoms with van der Waals surface area (Å²) in [5.74, 6) is 0. The fourth-order valence-electron chi connectivity index (χ4n) is 1.68. The number of hydrogen-bond donors (Lipinski definition) is 1. The summed E-state index contributed by atoms with van der Waals surface area (Å²) in [4.78, 5) is 10.0. The lowest BCUT2D eigenvalue weighted by molar-refractivity contribution is -0.384. The Morgan fingerprint density at radius 1 is 1.38 bits per heavy atom. The quantitative estimate of drug-likeness (QED) is 0.685. The molecule has 0 aliphatic heterocycles. The molecule has 2 rings (SSSR count). The van der Waals surface area contributed by atoms with E-state index in [9.17, 15) is 23.3 Å². The van der Waals surface area contributed by atoms with Crippen LogP contribution in [0, 0.1) is 10.1 Å². The second kappa shape index (κ2) is 5.48. The van der Waals surface area contributed by atoms with Crippen LogP contribution in [-0.4, -0.2) is 31.6 Å². The van der Waals surface area contributed by atoms with Crippen molar-refractivity contribution in [1.29, 1.82) is 0 Å². The van der Waals surface area contributed by atoms with Crippen LogP contribution >= 0.6 is 0 Å². The van der Waals surface area contributed by atoms with Gasteiger partial charge in [-0.1, -0.05) is 5.21 Å². The molecule has 0 unspecified atom stereocenters. The zero-order chi connectivity index (χ0) is 15.6. The molecule has 0 amide bonds. The summed E-state index contributed by atoms with van der Waals surface area (Å²) in [5.41, 5.74) is -1.62. The maximum atomic E-state index is 12.6. The number of halogens is 3. The van der Waals surface area contributed by atoms with Crippen molar-refractivity contribution in [3.05, 3.63) is 45.8 Å². The maximum Gasteiger partial charge on any atom is 0.416 e. The number of nitro benzene ring substituents is 1. The number of aromatic nitrogens is 3. The lowest BCUT2D eigenvalue weighted by atomic mass is 10.1. The Labute approximate surface area is 115 Å². The van der Waals surface area contributed by atoms with Crippen molar-refractivity contribution in [3.8, 4) is 5.69 Å². The van der Waals surface area contributed by atoms with Gasteiger partial charge >= 0.3 is 6.18 Å². The van der Waals surface area contributed by atoms with E-state index in [1.165, 1.54) is 6.20 Å². The van der Waals surface area contributed by atoms with Crippen molar-refractivity contribution in [2.24, 2.45) is 0 Å². The van der Waals surface area contributed by atoms with Crippen molar-refractivity contribution in [1.82, 2.24) is 15.0 Å². The van der Waals surface area contributed by atoms with Gasteiger partial charge in [0.2, 0.25) is 0 Å². The van der Waals surface area contributed by atoms with E-state index in [1.807, 2.05) is 0 Å². The molecule has 0 radical (unpaired) electrons. The van der Waals surface area contributed by atoms with Crippen molar-refractivity contribution < 1.29 is 23.2 Å². The monoisotopic (exact) mass is 302 g/mol. The Bertz CT molecular complexity index is 669. The molecule has 112 valence electrons. The Balaban J connectivity index is 2.49. The van der Waals surface area contributed by atoms with E-state index >= 15 is 0 Å². The van der Waals surface area contributed by atoms with Gasteiger partial charge in [-0.3, -0.25) is 10.1 Å². The molecule has 10 heteroatoms. The first-order valence-electron chi connectivity index (χ1n) is 5.71. The normalized spacial score (nSPS) is 11.6. The number of benzene rings is 1. The zero-order valence-corrected chi connectivity index (χ0v) is 10.4. The highest BCUT2D eigenvalue weighted by molar-refractivity contribution is 5.54. The molecule has 0 aliphatic carbocycles. The van der Waals surface area contributed by atoms with E-state index in [0.29, 0.717) is 11.8 Å². The number of aliphatic hydroxyl groups excluding tert-OH is 1. The van der Waals surface area contributed by atoms with Crippen molar-refractivity contribution in [2.75, 3.05) is 6.61 Å². The highest BCUT2D eigenvalue weighted by atomic mass is 19.4. The third-order valence-corrected chi connectivity index (χ3v) is 2.66. The summed E-state index contributed by atoms with van der Waals surface area (Å²) in [6, 6.07) is 2.14. The minimum absolute atomic E-state index is 0.135. The molecule has 0 fully saturated rings. The summed E-state index contributed by atoms with van der Waals surface area (Å²) in [5, 5.41) is 27.0. The summed E-state index contributed by atoms with van der Waals surface area (Å²) in [6.07, 6.45) is -3.17. The van der Waals surface area contributed by atoms with Crippen LogP contribution in [0.1, 0.15) is 11.3 Å². The van der Waals surface area contributed by atoms with Crippen LogP contribution in [0.3, 0.4) is 0 Å². The summed E-state index contributed by atoms with van der Waals surface area (Å²) >= 11 is 0. The predicted molar refractivity (Wildman–Crippen MR) is 63.8 cm³/mol. The molecule has 0 saturated carbocycles. The lowest BCUT2D eigenvalue weighted by Crippen LogP contribution is -2.08. The van der Waals surface area contributed by atoms with Gasteiger partial charge in [-0.05, 0) is 12.1 Å². The molecule has 0 saturated heterocycles. The van der Waals surface area contributed by atoms with Crippen LogP contribution in [0.2, 0.25) is 0 Å². The van der Waals surface area contributed by atoms with Gasteiger partial charge in [0.25, 0.3) is 5.69 Å². The maximum absolute atomic E-state index is 12.6. The van der Waals surface area contributed by atoms with Crippen LogP contribution in [0.15, 0.2) is 24.4 Å². The molecule has 0 aliphatic rings.